The molecule has 1 aliphatic rings. The molecule has 2 aromatic heterocycles. The number of nitrogens with zero attached hydrogens (tertiary/aromatic N) is 3. The van der Waals surface area contributed by atoms with Crippen molar-refractivity contribution in [1.82, 2.24) is 20.3 Å². The van der Waals surface area contributed by atoms with Crippen LogP contribution in [0.3, 0.4) is 0 Å². The first-order valence-electron chi connectivity index (χ1n) is 10.4. The van der Waals surface area contributed by atoms with E-state index in [-0.39, 0.29) is 12.1 Å². The number of rotatable bonds is 4. The van der Waals surface area contributed by atoms with E-state index in [9.17, 15) is 4.79 Å². The lowest BCUT2D eigenvalue weighted by Gasteiger charge is -2.22. The predicted octanol–water partition coefficient (Wildman–Crippen LogP) is 5.55. The SMILES string of the molecule is CC(C)(C)OC(=O)NC1CCN(c2ccc(-c3ncc(-c4ccc(Cl)c(Cl)c4)[nH]3)cn2)C1. The number of imidazole rings is 1. The number of hydrogen-bond donors (Lipinski definition) is 2. The van der Waals surface area contributed by atoms with Gasteiger partial charge in [0.15, 0.2) is 0 Å². The van der Waals surface area contributed by atoms with Crippen LogP contribution in [-0.2, 0) is 4.74 Å². The molecule has 2 N–H and O–H groups in total. The topological polar surface area (TPSA) is 83.1 Å². The fourth-order valence-corrected chi connectivity index (χ4v) is 3.85. The number of alkyl carbamates (subject to hydrolysis) is 1. The Bertz CT molecular complexity index is 1110. The van der Waals surface area contributed by atoms with Gasteiger partial charge in [-0.1, -0.05) is 29.3 Å². The highest BCUT2D eigenvalue weighted by atomic mass is 35.5. The summed E-state index contributed by atoms with van der Waals surface area (Å²) in [4.78, 5) is 26.5. The van der Waals surface area contributed by atoms with Gasteiger partial charge in [-0.2, -0.15) is 0 Å². The molecule has 1 aliphatic heterocycles. The summed E-state index contributed by atoms with van der Waals surface area (Å²) in [5.41, 5.74) is 2.12. The molecule has 0 bridgehead atoms. The quantitative estimate of drug-likeness (QED) is 0.518. The number of pyridine rings is 1. The molecule has 0 aliphatic carbocycles. The van der Waals surface area contributed by atoms with Crippen LogP contribution in [0.25, 0.3) is 22.6 Å². The Morgan fingerprint density at radius 2 is 1.91 bits per heavy atom. The van der Waals surface area contributed by atoms with E-state index in [1.54, 1.807) is 24.5 Å². The summed E-state index contributed by atoms with van der Waals surface area (Å²) in [5, 5.41) is 3.95. The molecule has 0 spiro atoms. The van der Waals surface area contributed by atoms with Gasteiger partial charge < -0.3 is 19.9 Å². The van der Waals surface area contributed by atoms with Crippen LogP contribution in [0.4, 0.5) is 10.6 Å². The third-order valence-electron chi connectivity index (χ3n) is 5.06. The highest BCUT2D eigenvalue weighted by Gasteiger charge is 2.27. The number of H-pyrrole nitrogens is 1. The van der Waals surface area contributed by atoms with Gasteiger partial charge in [-0.15, -0.1) is 0 Å². The Morgan fingerprint density at radius 1 is 1.12 bits per heavy atom. The summed E-state index contributed by atoms with van der Waals surface area (Å²) in [6.07, 6.45) is 4.01. The van der Waals surface area contributed by atoms with E-state index in [2.05, 4.69) is 25.2 Å². The molecule has 1 saturated heterocycles. The molecule has 0 saturated carbocycles. The highest BCUT2D eigenvalue weighted by Crippen LogP contribution is 2.29. The molecule has 9 heteroatoms. The van der Waals surface area contributed by atoms with Crippen molar-refractivity contribution in [3.63, 3.8) is 0 Å². The summed E-state index contributed by atoms with van der Waals surface area (Å²) in [6.45, 7) is 7.06. The van der Waals surface area contributed by atoms with Crippen LogP contribution in [0.5, 0.6) is 0 Å². The molecule has 3 aromatic rings. The number of aromatic nitrogens is 3. The lowest BCUT2D eigenvalue weighted by atomic mass is 10.2. The number of amides is 1. The van der Waals surface area contributed by atoms with Gasteiger partial charge in [0.25, 0.3) is 0 Å². The molecule has 32 heavy (non-hydrogen) atoms. The number of carbonyl (C=O) groups is 1. The Labute approximate surface area is 197 Å². The van der Waals surface area contributed by atoms with Gasteiger partial charge in [0.2, 0.25) is 0 Å². The Morgan fingerprint density at radius 3 is 2.59 bits per heavy atom. The molecule has 0 radical (unpaired) electrons. The fourth-order valence-electron chi connectivity index (χ4n) is 3.55. The number of halogens is 2. The number of carbonyl (C=O) groups excluding carboxylic acids is 1. The zero-order valence-electron chi connectivity index (χ0n) is 18.2. The van der Waals surface area contributed by atoms with E-state index in [0.29, 0.717) is 16.6 Å². The first kappa shape index (κ1) is 22.4. The minimum atomic E-state index is -0.509. The van der Waals surface area contributed by atoms with Gasteiger partial charge in [-0.25, -0.2) is 14.8 Å². The second-order valence-electron chi connectivity index (χ2n) is 8.76. The lowest BCUT2D eigenvalue weighted by molar-refractivity contribution is 0.0509. The number of aromatic amines is 1. The van der Waals surface area contributed by atoms with E-state index in [1.807, 2.05) is 39.0 Å². The Balaban J connectivity index is 1.39. The van der Waals surface area contributed by atoms with Crippen molar-refractivity contribution >= 4 is 35.1 Å². The van der Waals surface area contributed by atoms with E-state index >= 15 is 0 Å². The van der Waals surface area contributed by atoms with Gasteiger partial charge in [-0.05, 0) is 51.5 Å². The number of hydrogen-bond acceptors (Lipinski definition) is 5. The number of ether oxygens (including phenoxy) is 1. The van der Waals surface area contributed by atoms with Gasteiger partial charge in [0.05, 0.1) is 28.0 Å². The van der Waals surface area contributed by atoms with Gasteiger partial charge in [0.1, 0.15) is 17.2 Å². The van der Waals surface area contributed by atoms with E-state index in [0.717, 1.165) is 41.4 Å². The molecule has 168 valence electrons. The molecule has 7 nitrogen and oxygen atoms in total. The lowest BCUT2D eigenvalue weighted by Crippen LogP contribution is -2.40. The maximum absolute atomic E-state index is 12.0. The minimum Gasteiger partial charge on any atom is -0.444 e. The van der Waals surface area contributed by atoms with E-state index < -0.39 is 5.60 Å². The van der Waals surface area contributed by atoms with Gasteiger partial charge in [-0.3, -0.25) is 0 Å². The van der Waals surface area contributed by atoms with Crippen molar-refractivity contribution < 1.29 is 9.53 Å². The first-order valence-corrected chi connectivity index (χ1v) is 11.1. The van der Waals surface area contributed by atoms with Crippen molar-refractivity contribution in [2.45, 2.75) is 38.8 Å². The van der Waals surface area contributed by atoms with Gasteiger partial charge in [0, 0.05) is 30.4 Å². The summed E-state index contributed by atoms with van der Waals surface area (Å²) in [5.74, 6) is 1.58. The standard InChI is InChI=1S/C23H25Cl2N5O2/c1-23(2,3)32-22(31)28-16-8-9-30(13-16)20-7-5-15(11-26-20)21-27-12-19(29-21)14-4-6-17(24)18(25)10-14/h4-7,10-12,16H,8-9,13H2,1-3H3,(H,27,29)(H,28,31). The van der Waals surface area contributed by atoms with E-state index in [4.69, 9.17) is 27.9 Å². The summed E-state index contributed by atoms with van der Waals surface area (Å²) in [7, 11) is 0. The molecule has 4 rings (SSSR count). The Kier molecular flexibility index (Phi) is 6.31. The average Bonchev–Trinajstić information content (AvgIpc) is 3.39. The minimum absolute atomic E-state index is 0.0326. The molecule has 3 heterocycles. The number of benzene rings is 1. The summed E-state index contributed by atoms with van der Waals surface area (Å²) in [6, 6.07) is 9.43. The molecular formula is C23H25Cl2N5O2. The van der Waals surface area contributed by atoms with Gasteiger partial charge >= 0.3 is 6.09 Å². The molecule has 1 unspecified atom stereocenters. The third kappa shape index (κ3) is 5.34. The van der Waals surface area contributed by atoms with Crippen LogP contribution >= 0.6 is 23.2 Å². The van der Waals surface area contributed by atoms with Crippen molar-refractivity contribution in [3.05, 3.63) is 52.8 Å². The normalized spacial score (nSPS) is 16.3. The summed E-state index contributed by atoms with van der Waals surface area (Å²) < 4.78 is 5.34. The zero-order valence-corrected chi connectivity index (χ0v) is 19.7. The molecule has 1 atom stereocenters. The predicted molar refractivity (Wildman–Crippen MR) is 127 cm³/mol. The van der Waals surface area contributed by atoms with Crippen LogP contribution < -0.4 is 10.2 Å². The van der Waals surface area contributed by atoms with Crippen molar-refractivity contribution in [2.75, 3.05) is 18.0 Å². The van der Waals surface area contributed by atoms with Crippen LogP contribution in [0.2, 0.25) is 10.0 Å². The van der Waals surface area contributed by atoms with Crippen LogP contribution in [0, 0.1) is 0 Å². The second kappa shape index (κ2) is 9.00. The van der Waals surface area contributed by atoms with Crippen molar-refractivity contribution in [2.24, 2.45) is 0 Å². The number of nitrogens with one attached hydrogen (secondary N) is 2. The second-order valence-corrected chi connectivity index (χ2v) is 9.57. The smallest absolute Gasteiger partial charge is 0.407 e. The Hall–Kier alpha value is -2.77. The fraction of sp³-hybridized carbons (Fsp3) is 0.348. The zero-order chi connectivity index (χ0) is 22.9. The molecular weight excluding hydrogens is 449 g/mol. The largest absolute Gasteiger partial charge is 0.444 e. The first-order chi connectivity index (χ1) is 15.2. The average molecular weight is 474 g/mol. The molecule has 1 aromatic carbocycles. The molecule has 1 fully saturated rings. The van der Waals surface area contributed by atoms with Crippen LogP contribution in [0.15, 0.2) is 42.7 Å². The monoisotopic (exact) mass is 473 g/mol. The third-order valence-corrected chi connectivity index (χ3v) is 5.80. The van der Waals surface area contributed by atoms with Crippen LogP contribution in [-0.4, -0.2) is 45.8 Å². The maximum Gasteiger partial charge on any atom is 0.407 e. The van der Waals surface area contributed by atoms with Crippen LogP contribution in [0.1, 0.15) is 27.2 Å². The molecule has 1 amide bonds. The van der Waals surface area contributed by atoms with Crippen molar-refractivity contribution in [1.29, 1.82) is 0 Å². The number of anilines is 1. The van der Waals surface area contributed by atoms with E-state index in [1.165, 1.54) is 0 Å². The highest BCUT2D eigenvalue weighted by molar-refractivity contribution is 6.42. The summed E-state index contributed by atoms with van der Waals surface area (Å²) >= 11 is 12.1. The van der Waals surface area contributed by atoms with Crippen molar-refractivity contribution in [3.8, 4) is 22.6 Å². The maximum atomic E-state index is 12.0.